The van der Waals surface area contributed by atoms with E-state index in [-0.39, 0.29) is 24.0 Å². The molecule has 0 spiro atoms. The Labute approximate surface area is 186 Å². The Hall–Kier alpha value is -1.64. The van der Waals surface area contributed by atoms with Crippen LogP contribution in [0.25, 0.3) is 0 Å². The summed E-state index contributed by atoms with van der Waals surface area (Å²) in [5.41, 5.74) is 3.36. The van der Waals surface area contributed by atoms with E-state index in [4.69, 9.17) is 9.52 Å². The van der Waals surface area contributed by atoms with E-state index in [0.29, 0.717) is 18.4 Å². The van der Waals surface area contributed by atoms with Crippen LogP contribution in [-0.4, -0.2) is 29.2 Å². The van der Waals surface area contributed by atoms with Gasteiger partial charge in [0.1, 0.15) is 5.76 Å². The Morgan fingerprint density at radius 2 is 1.96 bits per heavy atom. The molecule has 1 atom stereocenters. The zero-order valence-corrected chi connectivity index (χ0v) is 20.0. The average molecular weight is 499 g/mol. The highest BCUT2D eigenvalue weighted by molar-refractivity contribution is 14.0. The number of pyridine rings is 1. The fourth-order valence-corrected chi connectivity index (χ4v) is 3.16. The Morgan fingerprint density at radius 3 is 2.54 bits per heavy atom. The molecule has 2 aromatic rings. The maximum atomic E-state index is 5.45. The van der Waals surface area contributed by atoms with Crippen molar-refractivity contribution in [2.24, 2.45) is 10.9 Å². The third-order valence-corrected chi connectivity index (χ3v) is 4.75. The Balaban J connectivity index is 0.00000392. The second-order valence-corrected chi connectivity index (χ2v) is 6.95. The summed E-state index contributed by atoms with van der Waals surface area (Å²) in [4.78, 5) is 9.05. The summed E-state index contributed by atoms with van der Waals surface area (Å²) in [7, 11) is 0. The van der Waals surface area contributed by atoms with Crippen molar-refractivity contribution in [3.63, 3.8) is 0 Å². The van der Waals surface area contributed by atoms with E-state index in [1.807, 2.05) is 18.5 Å². The van der Waals surface area contributed by atoms with Crippen molar-refractivity contribution in [2.45, 2.75) is 59.9 Å². The molecule has 0 bridgehead atoms. The number of nitrogens with zero attached hydrogens (tertiary/aromatic N) is 3. The summed E-state index contributed by atoms with van der Waals surface area (Å²) in [6.07, 6.45) is 5.46. The van der Waals surface area contributed by atoms with Gasteiger partial charge in [-0.3, -0.25) is 4.98 Å². The van der Waals surface area contributed by atoms with E-state index in [9.17, 15) is 0 Å². The summed E-state index contributed by atoms with van der Waals surface area (Å²) in [5, 5.41) is 11.0. The van der Waals surface area contributed by atoms with Crippen molar-refractivity contribution in [3.8, 4) is 0 Å². The van der Waals surface area contributed by atoms with Crippen LogP contribution in [0.2, 0.25) is 0 Å². The first kappa shape index (κ1) is 24.4. The number of aromatic nitrogens is 2. The molecular formula is C21H34IN5O. The second kappa shape index (κ2) is 12.7. The van der Waals surface area contributed by atoms with Crippen LogP contribution in [0, 0.1) is 5.92 Å². The van der Waals surface area contributed by atoms with Gasteiger partial charge in [0.05, 0.1) is 12.2 Å². The number of nitrogens with one attached hydrogen (secondary N) is 2. The van der Waals surface area contributed by atoms with E-state index in [2.05, 4.69) is 61.5 Å². The van der Waals surface area contributed by atoms with Crippen LogP contribution in [-0.2, 0) is 19.4 Å². The first-order valence-electron chi connectivity index (χ1n) is 9.98. The molecule has 0 saturated carbocycles. The number of halogens is 1. The van der Waals surface area contributed by atoms with Crippen molar-refractivity contribution < 1.29 is 4.52 Å². The van der Waals surface area contributed by atoms with E-state index < -0.39 is 0 Å². The molecule has 7 heteroatoms. The topological polar surface area (TPSA) is 75.3 Å². The predicted molar refractivity (Wildman–Crippen MR) is 125 cm³/mol. The molecule has 1 unspecified atom stereocenters. The fraction of sp³-hybridized carbons (Fsp3) is 0.571. The van der Waals surface area contributed by atoms with Crippen LogP contribution in [0.1, 0.15) is 63.1 Å². The Kier molecular flexibility index (Phi) is 11.1. The first-order valence-corrected chi connectivity index (χ1v) is 9.98. The summed E-state index contributed by atoms with van der Waals surface area (Å²) in [6, 6.07) is 4.13. The maximum Gasteiger partial charge on any atom is 0.191 e. The molecule has 0 radical (unpaired) electrons. The van der Waals surface area contributed by atoms with Gasteiger partial charge >= 0.3 is 0 Å². The smallest absolute Gasteiger partial charge is 0.191 e. The normalized spacial score (nSPS) is 12.6. The number of hydrogen-bond acceptors (Lipinski definition) is 4. The highest BCUT2D eigenvalue weighted by Crippen LogP contribution is 2.22. The molecule has 0 aromatic carbocycles. The van der Waals surface area contributed by atoms with Crippen LogP contribution in [0.15, 0.2) is 34.0 Å². The van der Waals surface area contributed by atoms with Crippen molar-refractivity contribution in [1.29, 1.82) is 0 Å². The molecule has 2 rings (SSSR count). The van der Waals surface area contributed by atoms with Crippen molar-refractivity contribution in [1.82, 2.24) is 20.8 Å². The molecular weight excluding hydrogens is 465 g/mol. The molecule has 2 heterocycles. The minimum Gasteiger partial charge on any atom is -0.361 e. The van der Waals surface area contributed by atoms with Gasteiger partial charge in [-0.25, -0.2) is 4.99 Å². The predicted octanol–water partition coefficient (Wildman–Crippen LogP) is 4.31. The van der Waals surface area contributed by atoms with Gasteiger partial charge in [0, 0.05) is 43.4 Å². The lowest BCUT2D eigenvalue weighted by molar-refractivity contribution is 0.380. The molecule has 0 fully saturated rings. The van der Waals surface area contributed by atoms with Gasteiger partial charge in [-0.05, 0) is 30.9 Å². The quantitative estimate of drug-likeness (QED) is 0.306. The molecule has 2 N–H and O–H groups in total. The highest BCUT2D eigenvalue weighted by Gasteiger charge is 2.17. The second-order valence-electron chi connectivity index (χ2n) is 6.95. The first-order chi connectivity index (χ1) is 13.1. The highest BCUT2D eigenvalue weighted by atomic mass is 127. The molecule has 0 amide bonds. The molecule has 156 valence electrons. The van der Waals surface area contributed by atoms with E-state index in [1.165, 1.54) is 5.56 Å². The van der Waals surface area contributed by atoms with Gasteiger partial charge in [-0.2, -0.15) is 0 Å². The van der Waals surface area contributed by atoms with Crippen LogP contribution >= 0.6 is 24.0 Å². The summed E-state index contributed by atoms with van der Waals surface area (Å²) in [6.45, 7) is 12.9. The number of aliphatic imine (C=N–C) groups is 1. The fourth-order valence-electron chi connectivity index (χ4n) is 3.16. The molecule has 0 saturated heterocycles. The van der Waals surface area contributed by atoms with Crippen LogP contribution in [0.3, 0.4) is 0 Å². The van der Waals surface area contributed by atoms with Crippen LogP contribution < -0.4 is 10.6 Å². The largest absolute Gasteiger partial charge is 0.361 e. The number of guanidine groups is 1. The third kappa shape index (κ3) is 6.76. The molecule has 0 aliphatic carbocycles. The summed E-state index contributed by atoms with van der Waals surface area (Å²) >= 11 is 0. The number of rotatable bonds is 9. The van der Waals surface area contributed by atoms with Gasteiger partial charge in [0.25, 0.3) is 0 Å². The van der Waals surface area contributed by atoms with Gasteiger partial charge in [0.15, 0.2) is 5.96 Å². The minimum absolute atomic E-state index is 0. The van der Waals surface area contributed by atoms with E-state index in [1.54, 1.807) is 0 Å². The van der Waals surface area contributed by atoms with E-state index in [0.717, 1.165) is 48.9 Å². The molecule has 6 nitrogen and oxygen atoms in total. The van der Waals surface area contributed by atoms with Crippen LogP contribution in [0.4, 0.5) is 0 Å². The Morgan fingerprint density at radius 1 is 1.18 bits per heavy atom. The Bertz CT molecular complexity index is 693. The zero-order chi connectivity index (χ0) is 19.6. The lowest BCUT2D eigenvalue weighted by atomic mass is 9.89. The lowest BCUT2D eigenvalue weighted by Gasteiger charge is -2.23. The number of aryl methyl sites for hydroxylation is 2. The average Bonchev–Trinajstić information content (AvgIpc) is 3.08. The van der Waals surface area contributed by atoms with Gasteiger partial charge in [0.2, 0.25) is 0 Å². The standard InChI is InChI=1S/C21H33N5O.HI/c1-6-19-18(20(7-2)27-26-19)14-25-21(23-8-3)24-13-17(15(4)5)16-10-9-11-22-12-16;/h9-12,15,17H,6-8,13-14H2,1-5H3,(H2,23,24,25);1H. The maximum absolute atomic E-state index is 5.45. The van der Waals surface area contributed by atoms with Gasteiger partial charge in [-0.15, -0.1) is 24.0 Å². The monoisotopic (exact) mass is 499 g/mol. The van der Waals surface area contributed by atoms with Crippen molar-refractivity contribution >= 4 is 29.9 Å². The van der Waals surface area contributed by atoms with Gasteiger partial charge < -0.3 is 15.2 Å². The molecule has 2 aromatic heterocycles. The zero-order valence-electron chi connectivity index (χ0n) is 17.7. The summed E-state index contributed by atoms with van der Waals surface area (Å²) < 4.78 is 5.45. The van der Waals surface area contributed by atoms with Crippen molar-refractivity contribution in [2.75, 3.05) is 13.1 Å². The molecule has 28 heavy (non-hydrogen) atoms. The van der Waals surface area contributed by atoms with Gasteiger partial charge in [-0.1, -0.05) is 38.9 Å². The number of hydrogen-bond donors (Lipinski definition) is 2. The minimum atomic E-state index is 0. The molecule has 0 aliphatic rings. The summed E-state index contributed by atoms with van der Waals surface area (Å²) in [5.74, 6) is 2.62. The van der Waals surface area contributed by atoms with Crippen LogP contribution in [0.5, 0.6) is 0 Å². The van der Waals surface area contributed by atoms with E-state index >= 15 is 0 Å². The molecule has 0 aliphatic heterocycles. The SMILES string of the molecule is CCNC(=NCc1c(CC)noc1CC)NCC(c1cccnc1)C(C)C.I. The lowest BCUT2D eigenvalue weighted by Crippen LogP contribution is -2.40. The third-order valence-electron chi connectivity index (χ3n) is 4.75. The van der Waals surface area contributed by atoms with Crippen molar-refractivity contribution in [3.05, 3.63) is 47.1 Å².